The van der Waals surface area contributed by atoms with Crippen LogP contribution in [-0.2, 0) is 18.0 Å². The minimum Gasteiger partial charge on any atom is -0.340 e. The van der Waals surface area contributed by atoms with Gasteiger partial charge in [-0.15, -0.1) is 0 Å². The Morgan fingerprint density at radius 3 is 2.52 bits per heavy atom. The Kier molecular flexibility index (Phi) is 9.57. The van der Waals surface area contributed by atoms with Crippen LogP contribution in [0.2, 0.25) is 5.02 Å². The smallest absolute Gasteiger partial charge is 0.340 e. The lowest BCUT2D eigenvalue weighted by Gasteiger charge is -2.36. The van der Waals surface area contributed by atoms with Crippen molar-refractivity contribution in [3.8, 4) is 17.1 Å². The molecule has 15 nitrogen and oxygen atoms in total. The van der Waals surface area contributed by atoms with Crippen molar-refractivity contribution < 1.29 is 32.5 Å². The average molecular weight is 715 g/mol. The normalized spacial score (nSPS) is 15.7. The monoisotopic (exact) mass is 714 g/mol. The van der Waals surface area contributed by atoms with Crippen molar-refractivity contribution in [1.82, 2.24) is 39.4 Å². The first kappa shape index (κ1) is 34.5. The third-order valence-electron chi connectivity index (χ3n) is 8.65. The summed E-state index contributed by atoms with van der Waals surface area (Å²) >= 11 is 6.48. The van der Waals surface area contributed by atoms with Crippen molar-refractivity contribution in [2.45, 2.75) is 19.0 Å². The minimum absolute atomic E-state index is 0.0827. The van der Waals surface area contributed by atoms with E-state index in [1.165, 1.54) is 25.2 Å². The number of carbonyl (C=O) groups is 3. The molecule has 50 heavy (non-hydrogen) atoms. The Balaban J connectivity index is 1.13. The first-order valence-corrected chi connectivity index (χ1v) is 15.9. The maximum absolute atomic E-state index is 14.0. The summed E-state index contributed by atoms with van der Waals surface area (Å²) in [6, 6.07) is 6.63. The fourth-order valence-corrected chi connectivity index (χ4v) is 6.23. The topological polar surface area (TPSA) is 173 Å². The molecule has 4 aromatic rings. The second-order valence-electron chi connectivity index (χ2n) is 11.9. The van der Waals surface area contributed by atoms with Crippen LogP contribution in [0.5, 0.6) is 0 Å². The molecule has 0 radical (unpaired) electrons. The lowest BCUT2D eigenvalue weighted by atomic mass is 9.95. The summed E-state index contributed by atoms with van der Waals surface area (Å²) < 4.78 is 44.1. The van der Waals surface area contributed by atoms with Crippen molar-refractivity contribution in [3.63, 3.8) is 0 Å². The molecule has 0 bridgehead atoms. The van der Waals surface area contributed by atoms with E-state index < -0.39 is 28.3 Å². The van der Waals surface area contributed by atoms with E-state index in [9.17, 15) is 37.7 Å². The Morgan fingerprint density at radius 2 is 1.88 bits per heavy atom. The van der Waals surface area contributed by atoms with Crippen molar-refractivity contribution in [1.29, 1.82) is 0 Å². The van der Waals surface area contributed by atoms with Crippen LogP contribution in [0.15, 0.2) is 48.9 Å². The summed E-state index contributed by atoms with van der Waals surface area (Å²) in [5.41, 5.74) is -1.64. The zero-order valence-electron chi connectivity index (χ0n) is 26.5. The number of piperazine rings is 1. The first-order valence-electron chi connectivity index (χ1n) is 15.5. The number of amides is 3. The van der Waals surface area contributed by atoms with Gasteiger partial charge in [0.05, 0.1) is 39.5 Å². The summed E-state index contributed by atoms with van der Waals surface area (Å²) in [5, 5.41) is 20.3. The number of aromatic nitrogens is 5. The number of nitrogens with zero attached hydrogens (tertiary/aromatic N) is 8. The molecule has 0 aliphatic carbocycles. The first-order chi connectivity index (χ1) is 23.8. The molecule has 262 valence electrons. The number of hydrogen-bond donors (Lipinski definition) is 2. The Morgan fingerprint density at radius 1 is 1.12 bits per heavy atom. The fourth-order valence-electron chi connectivity index (χ4n) is 5.97. The molecule has 5 heterocycles. The molecular formula is C31H30ClF3N10O5. The van der Waals surface area contributed by atoms with E-state index in [2.05, 4.69) is 25.7 Å². The Labute approximate surface area is 287 Å². The minimum atomic E-state index is -4.90. The van der Waals surface area contributed by atoms with Gasteiger partial charge in [0.25, 0.3) is 17.5 Å². The van der Waals surface area contributed by atoms with Crippen LogP contribution in [-0.4, -0.2) is 96.0 Å². The summed E-state index contributed by atoms with van der Waals surface area (Å²) in [6.07, 6.45) is -0.367. The molecule has 19 heteroatoms. The number of rotatable bonds is 8. The largest absolute Gasteiger partial charge is 0.435 e. The van der Waals surface area contributed by atoms with Crippen LogP contribution in [0.4, 0.5) is 24.5 Å². The van der Waals surface area contributed by atoms with Crippen molar-refractivity contribution >= 4 is 40.7 Å². The van der Waals surface area contributed by atoms with E-state index in [1.807, 2.05) is 4.90 Å². The molecule has 0 atom stereocenters. The second kappa shape index (κ2) is 13.9. The molecule has 0 spiro atoms. The number of anilines is 1. The van der Waals surface area contributed by atoms with Gasteiger partial charge in [0.2, 0.25) is 5.91 Å². The summed E-state index contributed by atoms with van der Waals surface area (Å²) in [4.78, 5) is 60.3. The summed E-state index contributed by atoms with van der Waals surface area (Å²) in [7, 11) is 1.36. The highest BCUT2D eigenvalue weighted by Crippen LogP contribution is 2.37. The van der Waals surface area contributed by atoms with Crippen LogP contribution in [0, 0.1) is 16.0 Å². The molecule has 1 aromatic carbocycles. The number of nitro groups is 1. The van der Waals surface area contributed by atoms with E-state index >= 15 is 0 Å². The summed E-state index contributed by atoms with van der Waals surface area (Å²) in [5.74, 6) is -0.959. The van der Waals surface area contributed by atoms with E-state index in [4.69, 9.17) is 11.6 Å². The number of piperidine rings is 1. The standard InChI is InChI=1S/C31H30ClF3N10O5/c1-41-24(22-17-44(40-27(22)31(33,34)35)25-5-3-20(13-37-25)45(49)50)14-38-28(41)29(47)39-19-2-4-21(23(32)12-19)30(48)42-9-6-18(7-10-42)16-43-11-8-36-15-26(43)46/h2-5,12-14,17-18,36H,6-11,15-16H2,1H3,(H,39,47). The van der Waals surface area contributed by atoms with Crippen molar-refractivity contribution in [2.75, 3.05) is 44.6 Å². The third kappa shape index (κ3) is 7.16. The van der Waals surface area contributed by atoms with E-state index in [-0.39, 0.29) is 51.1 Å². The van der Waals surface area contributed by atoms with Crippen LogP contribution < -0.4 is 10.6 Å². The Hall–Kier alpha value is -5.36. The highest BCUT2D eigenvalue weighted by atomic mass is 35.5. The maximum atomic E-state index is 14.0. The SMILES string of the molecule is Cn1c(-c2cn(-c3ccc([N+](=O)[O-])cn3)nc2C(F)(F)F)cnc1C(=O)Nc1ccc(C(=O)N2CCC(CN3CCNCC3=O)CC2)c(Cl)c1. The number of hydrogen-bond acceptors (Lipinski definition) is 9. The molecule has 3 amide bonds. The molecule has 3 aromatic heterocycles. The molecule has 0 saturated carbocycles. The summed E-state index contributed by atoms with van der Waals surface area (Å²) in [6.45, 7) is 3.48. The van der Waals surface area contributed by atoms with Gasteiger partial charge in [-0.25, -0.2) is 14.6 Å². The number of benzene rings is 1. The highest BCUT2D eigenvalue weighted by Gasteiger charge is 2.39. The molecule has 6 rings (SSSR count). The predicted molar refractivity (Wildman–Crippen MR) is 173 cm³/mol. The van der Waals surface area contributed by atoms with Crippen LogP contribution in [0.1, 0.15) is 39.5 Å². The zero-order chi connectivity index (χ0) is 35.7. The average Bonchev–Trinajstić information content (AvgIpc) is 3.70. The Bertz CT molecular complexity index is 1950. The van der Waals surface area contributed by atoms with Gasteiger partial charge in [0.1, 0.15) is 6.20 Å². The maximum Gasteiger partial charge on any atom is 0.435 e. The van der Waals surface area contributed by atoms with E-state index in [0.29, 0.717) is 38.6 Å². The number of carbonyl (C=O) groups excluding carboxylic acids is 3. The molecule has 2 fully saturated rings. The number of pyridine rings is 1. The van der Waals surface area contributed by atoms with Crippen LogP contribution in [0.3, 0.4) is 0 Å². The number of imidazole rings is 1. The molecule has 0 unspecified atom stereocenters. The molecule has 2 saturated heterocycles. The molecular weight excluding hydrogens is 685 g/mol. The predicted octanol–water partition coefficient (Wildman–Crippen LogP) is 3.78. The van der Waals surface area contributed by atoms with Crippen LogP contribution in [0.25, 0.3) is 17.1 Å². The molecule has 2 N–H and O–H groups in total. The lowest BCUT2D eigenvalue weighted by Crippen LogP contribution is -2.50. The van der Waals surface area contributed by atoms with Gasteiger partial charge in [0, 0.05) is 57.7 Å². The number of likely N-dealkylation sites (tertiary alicyclic amines) is 1. The fraction of sp³-hybridized carbons (Fsp3) is 0.355. The van der Waals surface area contributed by atoms with Gasteiger partial charge in [-0.1, -0.05) is 11.6 Å². The molecule has 2 aliphatic rings. The highest BCUT2D eigenvalue weighted by molar-refractivity contribution is 6.34. The lowest BCUT2D eigenvalue weighted by molar-refractivity contribution is -0.385. The third-order valence-corrected chi connectivity index (χ3v) is 8.97. The van der Waals surface area contributed by atoms with Gasteiger partial charge < -0.3 is 25.0 Å². The second-order valence-corrected chi connectivity index (χ2v) is 12.3. The van der Waals surface area contributed by atoms with Gasteiger partial charge in [-0.05, 0) is 43.0 Å². The van der Waals surface area contributed by atoms with Gasteiger partial charge in [-0.3, -0.25) is 24.5 Å². The van der Waals surface area contributed by atoms with Gasteiger partial charge >= 0.3 is 6.18 Å². The van der Waals surface area contributed by atoms with E-state index in [0.717, 1.165) is 59.4 Å². The van der Waals surface area contributed by atoms with E-state index in [1.54, 1.807) is 4.90 Å². The van der Waals surface area contributed by atoms with Crippen LogP contribution >= 0.6 is 11.6 Å². The number of alkyl halides is 3. The molecule has 2 aliphatic heterocycles. The van der Waals surface area contributed by atoms with Crippen molar-refractivity contribution in [3.05, 3.63) is 81.1 Å². The number of halogens is 4. The van der Waals surface area contributed by atoms with Crippen molar-refractivity contribution in [2.24, 2.45) is 13.0 Å². The number of nitrogens with one attached hydrogen (secondary N) is 2. The van der Waals surface area contributed by atoms with Gasteiger partial charge in [0.15, 0.2) is 17.3 Å². The zero-order valence-corrected chi connectivity index (χ0v) is 27.2. The van der Waals surface area contributed by atoms with Gasteiger partial charge in [-0.2, -0.15) is 18.3 Å². The quantitative estimate of drug-likeness (QED) is 0.203.